The molecule has 0 aliphatic rings. The van der Waals surface area contributed by atoms with Crippen molar-refractivity contribution in [2.45, 2.75) is 25.8 Å². The molecule has 2 rings (SSSR count). The van der Waals surface area contributed by atoms with Gasteiger partial charge < -0.3 is 15.8 Å². The lowest BCUT2D eigenvalue weighted by atomic mass is 9.99. The maximum atomic E-state index is 5.94. The Morgan fingerprint density at radius 1 is 1.00 bits per heavy atom. The molecule has 0 spiro atoms. The topological polar surface area (TPSA) is 47.3 Å². The van der Waals surface area contributed by atoms with E-state index >= 15 is 0 Å². The van der Waals surface area contributed by atoms with E-state index in [-0.39, 0.29) is 6.04 Å². The first kappa shape index (κ1) is 15.4. The van der Waals surface area contributed by atoms with E-state index in [1.165, 1.54) is 11.1 Å². The van der Waals surface area contributed by atoms with Crippen LogP contribution in [-0.2, 0) is 0 Å². The van der Waals surface area contributed by atoms with Gasteiger partial charge in [-0.2, -0.15) is 0 Å². The van der Waals surface area contributed by atoms with Gasteiger partial charge in [0.25, 0.3) is 0 Å². The number of benzene rings is 2. The number of rotatable bonds is 6. The Morgan fingerprint density at radius 2 is 1.62 bits per heavy atom. The second-order valence-electron chi connectivity index (χ2n) is 5.45. The Morgan fingerprint density at radius 3 is 2.19 bits per heavy atom. The summed E-state index contributed by atoms with van der Waals surface area (Å²) < 4.78 is 5.37. The van der Waals surface area contributed by atoms with Crippen molar-refractivity contribution in [2.75, 3.05) is 19.0 Å². The summed E-state index contributed by atoms with van der Waals surface area (Å²) in [6, 6.07) is 16.6. The molecule has 0 saturated carbocycles. The van der Waals surface area contributed by atoms with E-state index in [2.05, 4.69) is 43.4 Å². The van der Waals surface area contributed by atoms with Crippen molar-refractivity contribution in [3.8, 4) is 5.75 Å². The minimum absolute atomic E-state index is 0.0718. The van der Waals surface area contributed by atoms with Crippen LogP contribution in [0.3, 0.4) is 0 Å². The molecule has 3 nitrogen and oxygen atoms in total. The van der Waals surface area contributed by atoms with Gasteiger partial charge in [-0.25, -0.2) is 0 Å². The molecule has 0 radical (unpaired) electrons. The van der Waals surface area contributed by atoms with Crippen LogP contribution in [0.25, 0.3) is 0 Å². The molecule has 2 aromatic rings. The van der Waals surface area contributed by atoms with Gasteiger partial charge >= 0.3 is 0 Å². The average Bonchev–Trinajstić information content (AvgIpc) is 2.53. The molecule has 1 unspecified atom stereocenters. The Balaban J connectivity index is 2.19. The van der Waals surface area contributed by atoms with E-state index in [1.54, 1.807) is 7.11 Å². The van der Waals surface area contributed by atoms with Gasteiger partial charge in [-0.05, 0) is 29.2 Å². The zero-order valence-corrected chi connectivity index (χ0v) is 13.0. The maximum absolute atomic E-state index is 5.94. The summed E-state index contributed by atoms with van der Waals surface area (Å²) in [7, 11) is 1.68. The molecule has 0 saturated heterocycles. The molecule has 112 valence electrons. The van der Waals surface area contributed by atoms with Gasteiger partial charge in [-0.1, -0.05) is 50.2 Å². The van der Waals surface area contributed by atoms with Crippen molar-refractivity contribution >= 4 is 5.69 Å². The maximum Gasteiger partial charge on any atom is 0.141 e. The fraction of sp³-hybridized carbons (Fsp3) is 0.333. The van der Waals surface area contributed by atoms with E-state index < -0.39 is 0 Å². The summed E-state index contributed by atoms with van der Waals surface area (Å²) in [6.45, 7) is 4.92. The molecule has 0 aliphatic heterocycles. The zero-order valence-electron chi connectivity index (χ0n) is 13.0. The lowest BCUT2D eigenvalue weighted by Crippen LogP contribution is -2.20. The van der Waals surface area contributed by atoms with E-state index in [9.17, 15) is 0 Å². The predicted molar refractivity (Wildman–Crippen MR) is 88.9 cm³/mol. The Bertz CT molecular complexity index is 564. The van der Waals surface area contributed by atoms with Gasteiger partial charge in [0.05, 0.1) is 18.8 Å². The van der Waals surface area contributed by atoms with Crippen LogP contribution >= 0.6 is 0 Å². The molecule has 2 aromatic carbocycles. The highest BCUT2D eigenvalue weighted by atomic mass is 16.5. The van der Waals surface area contributed by atoms with E-state index in [4.69, 9.17) is 10.5 Å². The highest BCUT2D eigenvalue weighted by Crippen LogP contribution is 2.28. The summed E-state index contributed by atoms with van der Waals surface area (Å²) in [5.41, 5.74) is 9.43. The molecule has 0 amide bonds. The molecular weight excluding hydrogens is 260 g/mol. The fourth-order valence-electron chi connectivity index (χ4n) is 2.34. The Kier molecular flexibility index (Phi) is 5.23. The largest absolute Gasteiger partial charge is 0.495 e. The van der Waals surface area contributed by atoms with Crippen molar-refractivity contribution in [2.24, 2.45) is 5.73 Å². The number of nitrogens with one attached hydrogen (secondary N) is 1. The SMILES string of the molecule is COc1ccccc1NC(CN)c1ccc(C(C)C)cc1. The van der Waals surface area contributed by atoms with Crippen molar-refractivity contribution in [1.82, 2.24) is 0 Å². The van der Waals surface area contributed by atoms with Crippen molar-refractivity contribution in [1.29, 1.82) is 0 Å². The van der Waals surface area contributed by atoms with Gasteiger partial charge in [-0.15, -0.1) is 0 Å². The van der Waals surface area contributed by atoms with Crippen molar-refractivity contribution in [3.05, 3.63) is 59.7 Å². The second kappa shape index (κ2) is 7.14. The molecule has 0 heterocycles. The number of nitrogens with two attached hydrogens (primary N) is 1. The molecule has 3 N–H and O–H groups in total. The third-order valence-corrected chi connectivity index (χ3v) is 3.68. The molecule has 3 heteroatoms. The van der Waals surface area contributed by atoms with Gasteiger partial charge in [0.15, 0.2) is 0 Å². The lowest BCUT2D eigenvalue weighted by molar-refractivity contribution is 0.416. The van der Waals surface area contributed by atoms with Gasteiger partial charge in [0.1, 0.15) is 5.75 Å². The summed E-state index contributed by atoms with van der Waals surface area (Å²) in [5, 5.41) is 3.46. The van der Waals surface area contributed by atoms with Crippen LogP contribution in [0.4, 0.5) is 5.69 Å². The molecule has 0 aliphatic carbocycles. The lowest BCUT2D eigenvalue weighted by Gasteiger charge is -2.21. The Hall–Kier alpha value is -2.00. The normalized spacial score (nSPS) is 12.2. The standard InChI is InChI=1S/C18H24N2O/c1-13(2)14-8-10-15(11-9-14)17(12-19)20-16-6-4-5-7-18(16)21-3/h4-11,13,17,20H,12,19H2,1-3H3. The third kappa shape index (κ3) is 3.76. The number of hydrogen-bond donors (Lipinski definition) is 2. The van der Waals surface area contributed by atoms with E-state index in [0.29, 0.717) is 12.5 Å². The predicted octanol–water partition coefficient (Wildman–Crippen LogP) is 3.93. The van der Waals surface area contributed by atoms with Gasteiger partial charge in [-0.3, -0.25) is 0 Å². The monoisotopic (exact) mass is 284 g/mol. The number of hydrogen-bond acceptors (Lipinski definition) is 3. The summed E-state index contributed by atoms with van der Waals surface area (Å²) in [4.78, 5) is 0. The number of anilines is 1. The highest BCUT2D eigenvalue weighted by molar-refractivity contribution is 5.57. The molecule has 1 atom stereocenters. The Labute approximate surface area is 127 Å². The quantitative estimate of drug-likeness (QED) is 0.845. The van der Waals surface area contributed by atoms with E-state index in [0.717, 1.165) is 11.4 Å². The van der Waals surface area contributed by atoms with Crippen LogP contribution in [0, 0.1) is 0 Å². The zero-order chi connectivity index (χ0) is 15.2. The number of ether oxygens (including phenoxy) is 1. The molecule has 0 bridgehead atoms. The van der Waals surface area contributed by atoms with Crippen molar-refractivity contribution in [3.63, 3.8) is 0 Å². The first-order chi connectivity index (χ1) is 10.2. The van der Waals surface area contributed by atoms with Gasteiger partial charge in [0, 0.05) is 6.54 Å². The van der Waals surface area contributed by atoms with Gasteiger partial charge in [0.2, 0.25) is 0 Å². The minimum atomic E-state index is 0.0718. The first-order valence-electron chi connectivity index (χ1n) is 7.35. The first-order valence-corrected chi connectivity index (χ1v) is 7.35. The fourth-order valence-corrected chi connectivity index (χ4v) is 2.34. The molecule has 0 aromatic heterocycles. The van der Waals surface area contributed by atoms with E-state index in [1.807, 2.05) is 24.3 Å². The summed E-state index contributed by atoms with van der Waals surface area (Å²) >= 11 is 0. The average molecular weight is 284 g/mol. The van der Waals surface area contributed by atoms with Crippen LogP contribution in [0.15, 0.2) is 48.5 Å². The third-order valence-electron chi connectivity index (χ3n) is 3.68. The highest BCUT2D eigenvalue weighted by Gasteiger charge is 2.12. The van der Waals surface area contributed by atoms with Crippen LogP contribution in [-0.4, -0.2) is 13.7 Å². The molecule has 0 fully saturated rings. The molecular formula is C18H24N2O. The second-order valence-corrected chi connectivity index (χ2v) is 5.45. The molecule has 21 heavy (non-hydrogen) atoms. The summed E-state index contributed by atoms with van der Waals surface area (Å²) in [5.74, 6) is 1.37. The summed E-state index contributed by atoms with van der Waals surface area (Å²) in [6.07, 6.45) is 0. The minimum Gasteiger partial charge on any atom is -0.495 e. The number of para-hydroxylation sites is 2. The van der Waals surface area contributed by atoms with Crippen LogP contribution in [0.2, 0.25) is 0 Å². The van der Waals surface area contributed by atoms with Crippen LogP contribution in [0.1, 0.15) is 36.9 Å². The van der Waals surface area contributed by atoms with Crippen LogP contribution < -0.4 is 15.8 Å². The van der Waals surface area contributed by atoms with Crippen LogP contribution in [0.5, 0.6) is 5.75 Å². The van der Waals surface area contributed by atoms with Crippen molar-refractivity contribution < 1.29 is 4.74 Å². The smallest absolute Gasteiger partial charge is 0.141 e. The number of methoxy groups -OCH3 is 1.